The highest BCUT2D eigenvalue weighted by Crippen LogP contribution is 2.43. The van der Waals surface area contributed by atoms with Crippen LogP contribution in [0.25, 0.3) is 0 Å². The summed E-state index contributed by atoms with van der Waals surface area (Å²) in [6, 6.07) is 0. The van der Waals surface area contributed by atoms with Gasteiger partial charge in [-0.05, 0) is 30.1 Å². The lowest BCUT2D eigenvalue weighted by Gasteiger charge is -2.32. The minimum absolute atomic E-state index is 0.390. The Bertz CT molecular complexity index is 330. The molecule has 0 atom stereocenters. The highest BCUT2D eigenvalue weighted by Gasteiger charge is 2.36. The molecular weight excluding hydrogens is 264 g/mol. The smallest absolute Gasteiger partial charge is 0.156 e. The van der Waals surface area contributed by atoms with Gasteiger partial charge in [0, 0.05) is 18.8 Å². The van der Waals surface area contributed by atoms with Gasteiger partial charge in [-0.1, -0.05) is 64.6 Å². The van der Waals surface area contributed by atoms with E-state index in [1.165, 1.54) is 62.3 Å². The number of thioether (sulfide) groups is 1. The lowest BCUT2D eigenvalue weighted by atomic mass is 9.87. The SMILES string of the molecule is CCCCCC(C)(C)CNC1=NCC2(CCCC2)CS1. The van der Waals surface area contributed by atoms with Crippen LogP contribution in [0.1, 0.15) is 72.1 Å². The second kappa shape index (κ2) is 7.20. The molecule has 0 aromatic carbocycles. The van der Waals surface area contributed by atoms with Crippen molar-refractivity contribution in [2.45, 2.75) is 72.1 Å². The van der Waals surface area contributed by atoms with E-state index in [0.29, 0.717) is 10.8 Å². The maximum atomic E-state index is 4.83. The minimum Gasteiger partial charge on any atom is -0.364 e. The van der Waals surface area contributed by atoms with Gasteiger partial charge in [-0.15, -0.1) is 0 Å². The molecule has 1 fully saturated rings. The normalized spacial score (nSPS) is 22.1. The lowest BCUT2D eigenvalue weighted by molar-refractivity contribution is 0.319. The van der Waals surface area contributed by atoms with E-state index < -0.39 is 0 Å². The van der Waals surface area contributed by atoms with Gasteiger partial charge in [0.05, 0.1) is 0 Å². The van der Waals surface area contributed by atoms with Crippen molar-refractivity contribution in [1.29, 1.82) is 0 Å². The Labute approximate surface area is 129 Å². The van der Waals surface area contributed by atoms with Crippen LogP contribution in [-0.2, 0) is 0 Å². The zero-order valence-corrected chi connectivity index (χ0v) is 14.5. The van der Waals surface area contributed by atoms with E-state index in [9.17, 15) is 0 Å². The van der Waals surface area contributed by atoms with Crippen LogP contribution in [0.15, 0.2) is 4.99 Å². The molecule has 2 aliphatic rings. The predicted octanol–water partition coefficient (Wildman–Crippen LogP) is 4.85. The fourth-order valence-corrected chi connectivity index (χ4v) is 4.50. The van der Waals surface area contributed by atoms with Crippen LogP contribution >= 0.6 is 11.8 Å². The summed E-state index contributed by atoms with van der Waals surface area (Å²) < 4.78 is 0. The predicted molar refractivity (Wildman–Crippen MR) is 91.6 cm³/mol. The first-order valence-electron chi connectivity index (χ1n) is 8.46. The minimum atomic E-state index is 0.390. The quantitative estimate of drug-likeness (QED) is 0.709. The van der Waals surface area contributed by atoms with Crippen LogP contribution in [0.2, 0.25) is 0 Å². The molecule has 3 heteroatoms. The number of aliphatic imine (C=N–C) groups is 1. The molecule has 0 aromatic heterocycles. The number of hydrogen-bond acceptors (Lipinski definition) is 3. The molecule has 1 aliphatic heterocycles. The number of nitrogens with one attached hydrogen (secondary N) is 1. The monoisotopic (exact) mass is 296 g/mol. The molecule has 1 spiro atoms. The van der Waals surface area contributed by atoms with Gasteiger partial charge in [0.2, 0.25) is 0 Å². The molecule has 1 aliphatic carbocycles. The molecular formula is C17H32N2S. The average molecular weight is 297 g/mol. The molecule has 0 saturated heterocycles. The zero-order chi connectivity index (χ0) is 14.5. The largest absolute Gasteiger partial charge is 0.364 e. The number of unbranched alkanes of at least 4 members (excludes halogenated alkanes) is 2. The summed E-state index contributed by atoms with van der Waals surface area (Å²) in [6.45, 7) is 9.16. The van der Waals surface area contributed by atoms with Crippen molar-refractivity contribution in [3.63, 3.8) is 0 Å². The summed E-state index contributed by atoms with van der Waals surface area (Å²) in [5.41, 5.74) is 0.952. The van der Waals surface area contributed by atoms with E-state index >= 15 is 0 Å². The first-order chi connectivity index (χ1) is 9.55. The van der Waals surface area contributed by atoms with Crippen molar-refractivity contribution >= 4 is 16.9 Å². The molecule has 2 nitrogen and oxygen atoms in total. The Morgan fingerprint density at radius 2 is 2.00 bits per heavy atom. The van der Waals surface area contributed by atoms with Crippen molar-refractivity contribution in [3.8, 4) is 0 Å². The first kappa shape index (κ1) is 16.2. The average Bonchev–Trinajstić information content (AvgIpc) is 2.87. The van der Waals surface area contributed by atoms with E-state index in [2.05, 4.69) is 26.1 Å². The second-order valence-corrected chi connectivity index (χ2v) is 8.56. The summed E-state index contributed by atoms with van der Waals surface area (Å²) in [5, 5.41) is 4.81. The first-order valence-corrected chi connectivity index (χ1v) is 9.45. The van der Waals surface area contributed by atoms with Crippen molar-refractivity contribution in [3.05, 3.63) is 0 Å². The van der Waals surface area contributed by atoms with Gasteiger partial charge in [-0.2, -0.15) is 0 Å². The summed E-state index contributed by atoms with van der Waals surface area (Å²) in [5.74, 6) is 1.29. The molecule has 0 aromatic rings. The standard InChI is InChI=1S/C17H32N2S/c1-4-5-6-9-16(2,3)12-18-15-19-13-17(14-20-15)10-7-8-11-17/h4-14H2,1-3H3,(H,18,19). The number of hydrogen-bond donors (Lipinski definition) is 1. The molecule has 0 radical (unpaired) electrons. The summed E-state index contributed by atoms with van der Waals surface area (Å²) in [4.78, 5) is 4.83. The van der Waals surface area contributed by atoms with Gasteiger partial charge in [0.25, 0.3) is 0 Å². The topological polar surface area (TPSA) is 24.4 Å². The van der Waals surface area contributed by atoms with Crippen LogP contribution in [0.3, 0.4) is 0 Å². The third-order valence-electron chi connectivity index (χ3n) is 4.91. The van der Waals surface area contributed by atoms with Crippen molar-refractivity contribution < 1.29 is 0 Å². The van der Waals surface area contributed by atoms with E-state index in [4.69, 9.17) is 4.99 Å². The molecule has 0 bridgehead atoms. The maximum absolute atomic E-state index is 4.83. The molecule has 1 heterocycles. The highest BCUT2D eigenvalue weighted by molar-refractivity contribution is 8.13. The Balaban J connectivity index is 1.73. The van der Waals surface area contributed by atoms with Gasteiger partial charge >= 0.3 is 0 Å². The van der Waals surface area contributed by atoms with Crippen LogP contribution in [0, 0.1) is 10.8 Å². The van der Waals surface area contributed by atoms with E-state index in [1.807, 2.05) is 11.8 Å². The zero-order valence-electron chi connectivity index (χ0n) is 13.6. The fourth-order valence-electron chi connectivity index (χ4n) is 3.34. The van der Waals surface area contributed by atoms with E-state index in [-0.39, 0.29) is 0 Å². The molecule has 1 N–H and O–H groups in total. The van der Waals surface area contributed by atoms with Crippen molar-refractivity contribution in [2.24, 2.45) is 15.8 Å². The number of nitrogens with zero attached hydrogens (tertiary/aromatic N) is 1. The third kappa shape index (κ3) is 4.68. The van der Waals surface area contributed by atoms with E-state index in [1.54, 1.807) is 0 Å². The summed E-state index contributed by atoms with van der Waals surface area (Å²) in [7, 11) is 0. The van der Waals surface area contributed by atoms with Crippen LogP contribution in [-0.4, -0.2) is 24.0 Å². The lowest BCUT2D eigenvalue weighted by Crippen LogP contribution is -2.37. The second-order valence-electron chi connectivity index (χ2n) is 7.59. The molecule has 2 rings (SSSR count). The highest BCUT2D eigenvalue weighted by atomic mass is 32.2. The molecule has 1 saturated carbocycles. The van der Waals surface area contributed by atoms with E-state index in [0.717, 1.165) is 13.1 Å². The van der Waals surface area contributed by atoms with Crippen LogP contribution in [0.4, 0.5) is 0 Å². The molecule has 0 unspecified atom stereocenters. The molecule has 20 heavy (non-hydrogen) atoms. The van der Waals surface area contributed by atoms with Crippen molar-refractivity contribution in [1.82, 2.24) is 5.32 Å². The summed E-state index contributed by atoms with van der Waals surface area (Å²) >= 11 is 1.97. The Morgan fingerprint density at radius 1 is 1.25 bits per heavy atom. The number of rotatable bonds is 6. The maximum Gasteiger partial charge on any atom is 0.156 e. The Hall–Kier alpha value is -0.180. The van der Waals surface area contributed by atoms with Crippen LogP contribution < -0.4 is 5.32 Å². The number of amidine groups is 1. The van der Waals surface area contributed by atoms with Gasteiger partial charge in [-0.25, -0.2) is 0 Å². The van der Waals surface area contributed by atoms with Gasteiger partial charge in [0.15, 0.2) is 5.17 Å². The summed E-state index contributed by atoms with van der Waals surface area (Å²) in [6.07, 6.45) is 11.0. The van der Waals surface area contributed by atoms with Gasteiger partial charge < -0.3 is 5.32 Å². The Morgan fingerprint density at radius 3 is 2.60 bits per heavy atom. The Kier molecular flexibility index (Phi) is 5.83. The molecule has 0 amide bonds. The van der Waals surface area contributed by atoms with Gasteiger partial charge in [-0.3, -0.25) is 4.99 Å². The van der Waals surface area contributed by atoms with Gasteiger partial charge in [0.1, 0.15) is 0 Å². The van der Waals surface area contributed by atoms with Crippen LogP contribution in [0.5, 0.6) is 0 Å². The molecule has 116 valence electrons. The van der Waals surface area contributed by atoms with Crippen molar-refractivity contribution in [2.75, 3.05) is 18.8 Å². The fraction of sp³-hybridized carbons (Fsp3) is 0.941. The third-order valence-corrected chi connectivity index (χ3v) is 6.22.